The van der Waals surface area contributed by atoms with Crippen LogP contribution in [0.3, 0.4) is 0 Å². The molecule has 1 amide bonds. The Kier molecular flexibility index (Phi) is 6.42. The molecule has 1 N–H and O–H groups in total. The highest BCUT2D eigenvalue weighted by Gasteiger charge is 2.13. The van der Waals surface area contributed by atoms with Gasteiger partial charge in [-0.15, -0.1) is 5.10 Å². The first-order valence-corrected chi connectivity index (χ1v) is 9.52. The molecule has 0 bridgehead atoms. The molecule has 0 saturated heterocycles. The molecule has 2 aromatic carbocycles. The zero-order valence-electron chi connectivity index (χ0n) is 16.5. The van der Waals surface area contributed by atoms with E-state index in [0.717, 1.165) is 36.1 Å². The van der Waals surface area contributed by atoms with Crippen LogP contribution in [0, 0.1) is 13.8 Å². The third-order valence-electron chi connectivity index (χ3n) is 4.53. The average Bonchev–Trinajstić information content (AvgIpc) is 3.16. The average molecular weight is 379 g/mol. The molecule has 1 aromatic heterocycles. The number of unbranched alkanes of at least 4 members (excludes halogenated alkanes) is 2. The Morgan fingerprint density at radius 1 is 1.04 bits per heavy atom. The van der Waals surface area contributed by atoms with Crippen molar-refractivity contribution in [1.82, 2.24) is 10.2 Å². The number of aryl methyl sites for hydroxylation is 2. The molecule has 1 heterocycles. The second kappa shape index (κ2) is 9.17. The van der Waals surface area contributed by atoms with Crippen molar-refractivity contribution in [3.63, 3.8) is 0 Å². The van der Waals surface area contributed by atoms with Crippen LogP contribution in [0.15, 0.2) is 46.9 Å². The first-order chi connectivity index (χ1) is 13.6. The van der Waals surface area contributed by atoms with Crippen LogP contribution in [0.25, 0.3) is 11.5 Å². The SMILES string of the molecule is CCCCCOc1ccc(C(=O)Nc2nnc(-c3ccc(C)c(C)c3)o2)cc1. The number of carbonyl (C=O) groups excluding carboxylic acids is 1. The van der Waals surface area contributed by atoms with Gasteiger partial charge in [-0.05, 0) is 67.8 Å². The van der Waals surface area contributed by atoms with E-state index in [9.17, 15) is 4.79 Å². The summed E-state index contributed by atoms with van der Waals surface area (Å²) in [6.07, 6.45) is 3.33. The summed E-state index contributed by atoms with van der Waals surface area (Å²) in [6.45, 7) is 6.90. The fourth-order valence-electron chi connectivity index (χ4n) is 2.68. The number of hydrogen-bond donors (Lipinski definition) is 1. The van der Waals surface area contributed by atoms with Gasteiger partial charge in [0.05, 0.1) is 6.61 Å². The fraction of sp³-hybridized carbons (Fsp3) is 0.318. The molecule has 6 heteroatoms. The summed E-state index contributed by atoms with van der Waals surface area (Å²) in [5.74, 6) is 0.810. The van der Waals surface area contributed by atoms with Crippen LogP contribution in [0.2, 0.25) is 0 Å². The van der Waals surface area contributed by atoms with E-state index < -0.39 is 0 Å². The molecule has 0 spiro atoms. The van der Waals surface area contributed by atoms with Gasteiger partial charge < -0.3 is 9.15 Å². The molecule has 0 fully saturated rings. The molecule has 0 atom stereocenters. The van der Waals surface area contributed by atoms with Gasteiger partial charge in [0.1, 0.15) is 5.75 Å². The minimum atomic E-state index is -0.312. The minimum Gasteiger partial charge on any atom is -0.494 e. The van der Waals surface area contributed by atoms with Gasteiger partial charge in [0.25, 0.3) is 5.91 Å². The predicted octanol–water partition coefficient (Wildman–Crippen LogP) is 5.17. The molecule has 0 saturated carbocycles. The summed E-state index contributed by atoms with van der Waals surface area (Å²) in [4.78, 5) is 12.4. The minimum absolute atomic E-state index is 0.0677. The Hall–Kier alpha value is -3.15. The molecule has 28 heavy (non-hydrogen) atoms. The summed E-state index contributed by atoms with van der Waals surface area (Å²) in [7, 11) is 0. The zero-order chi connectivity index (χ0) is 19.9. The van der Waals surface area contributed by atoms with Gasteiger partial charge in [-0.2, -0.15) is 0 Å². The van der Waals surface area contributed by atoms with Crippen molar-refractivity contribution in [1.29, 1.82) is 0 Å². The van der Waals surface area contributed by atoms with Crippen LogP contribution >= 0.6 is 0 Å². The van der Waals surface area contributed by atoms with Gasteiger partial charge in [0.15, 0.2) is 0 Å². The quantitative estimate of drug-likeness (QED) is 0.546. The first kappa shape index (κ1) is 19.6. The first-order valence-electron chi connectivity index (χ1n) is 9.52. The maximum absolute atomic E-state index is 12.4. The Bertz CT molecular complexity index is 932. The van der Waals surface area contributed by atoms with E-state index in [4.69, 9.17) is 9.15 Å². The van der Waals surface area contributed by atoms with E-state index in [1.807, 2.05) is 32.0 Å². The second-order valence-corrected chi connectivity index (χ2v) is 6.75. The maximum Gasteiger partial charge on any atom is 0.322 e. The highest BCUT2D eigenvalue weighted by Crippen LogP contribution is 2.23. The number of anilines is 1. The summed E-state index contributed by atoms with van der Waals surface area (Å²) in [5.41, 5.74) is 3.64. The van der Waals surface area contributed by atoms with E-state index in [2.05, 4.69) is 22.4 Å². The van der Waals surface area contributed by atoms with Crippen LogP contribution in [-0.2, 0) is 0 Å². The molecule has 6 nitrogen and oxygen atoms in total. The molecule has 0 aliphatic carbocycles. The number of hydrogen-bond acceptors (Lipinski definition) is 5. The van der Waals surface area contributed by atoms with Crippen molar-refractivity contribution in [2.45, 2.75) is 40.0 Å². The van der Waals surface area contributed by atoms with Crippen LogP contribution in [0.4, 0.5) is 6.01 Å². The highest BCUT2D eigenvalue weighted by atomic mass is 16.5. The molecule has 0 radical (unpaired) electrons. The lowest BCUT2D eigenvalue weighted by molar-refractivity contribution is 0.102. The van der Waals surface area contributed by atoms with E-state index in [0.29, 0.717) is 18.1 Å². The van der Waals surface area contributed by atoms with Gasteiger partial charge in [0, 0.05) is 11.1 Å². The number of carbonyl (C=O) groups is 1. The summed E-state index contributed by atoms with van der Waals surface area (Å²) < 4.78 is 11.2. The normalized spacial score (nSPS) is 10.7. The number of amides is 1. The van der Waals surface area contributed by atoms with Crippen molar-refractivity contribution >= 4 is 11.9 Å². The molecule has 146 valence electrons. The third kappa shape index (κ3) is 4.97. The maximum atomic E-state index is 12.4. The van der Waals surface area contributed by atoms with E-state index in [-0.39, 0.29) is 11.9 Å². The second-order valence-electron chi connectivity index (χ2n) is 6.75. The molecular weight excluding hydrogens is 354 g/mol. The van der Waals surface area contributed by atoms with Gasteiger partial charge >= 0.3 is 6.01 Å². The standard InChI is InChI=1S/C22H25N3O3/c1-4-5-6-13-27-19-11-9-17(10-12-19)20(26)23-22-25-24-21(28-22)18-8-7-15(2)16(3)14-18/h7-12,14H,4-6,13H2,1-3H3,(H,23,25,26). The lowest BCUT2D eigenvalue weighted by Crippen LogP contribution is -2.12. The van der Waals surface area contributed by atoms with Gasteiger partial charge in [-0.3, -0.25) is 10.1 Å². The van der Waals surface area contributed by atoms with Gasteiger partial charge in [-0.25, -0.2) is 0 Å². The van der Waals surface area contributed by atoms with E-state index in [1.54, 1.807) is 24.3 Å². The molecule has 3 rings (SSSR count). The highest BCUT2D eigenvalue weighted by molar-refractivity contribution is 6.03. The summed E-state index contributed by atoms with van der Waals surface area (Å²) >= 11 is 0. The van der Waals surface area contributed by atoms with Crippen LogP contribution in [0.5, 0.6) is 5.75 Å². The fourth-order valence-corrected chi connectivity index (χ4v) is 2.68. The topological polar surface area (TPSA) is 77.2 Å². The predicted molar refractivity (Wildman–Crippen MR) is 109 cm³/mol. The number of aromatic nitrogens is 2. The lowest BCUT2D eigenvalue weighted by atomic mass is 10.1. The van der Waals surface area contributed by atoms with Crippen molar-refractivity contribution in [3.05, 3.63) is 59.2 Å². The molecule has 0 aliphatic heterocycles. The Morgan fingerprint density at radius 3 is 2.54 bits per heavy atom. The van der Waals surface area contributed by atoms with Crippen LogP contribution in [0.1, 0.15) is 47.7 Å². The van der Waals surface area contributed by atoms with Gasteiger partial charge in [0.2, 0.25) is 5.89 Å². The number of ether oxygens (including phenoxy) is 1. The number of nitrogens with zero attached hydrogens (tertiary/aromatic N) is 2. The lowest BCUT2D eigenvalue weighted by Gasteiger charge is -2.06. The van der Waals surface area contributed by atoms with Crippen molar-refractivity contribution in [2.75, 3.05) is 11.9 Å². The Morgan fingerprint density at radius 2 is 1.82 bits per heavy atom. The monoisotopic (exact) mass is 379 g/mol. The van der Waals surface area contributed by atoms with Crippen LogP contribution < -0.4 is 10.1 Å². The zero-order valence-corrected chi connectivity index (χ0v) is 16.5. The number of rotatable bonds is 8. The Labute approximate surface area is 164 Å². The van der Waals surface area contributed by atoms with Gasteiger partial charge in [-0.1, -0.05) is 30.9 Å². The van der Waals surface area contributed by atoms with E-state index >= 15 is 0 Å². The summed E-state index contributed by atoms with van der Waals surface area (Å²) in [6, 6.07) is 13.0. The van der Waals surface area contributed by atoms with Crippen molar-refractivity contribution < 1.29 is 13.9 Å². The number of nitrogens with one attached hydrogen (secondary N) is 1. The Balaban J connectivity index is 1.60. The van der Waals surface area contributed by atoms with Crippen molar-refractivity contribution in [2.24, 2.45) is 0 Å². The molecule has 0 unspecified atom stereocenters. The smallest absolute Gasteiger partial charge is 0.322 e. The number of benzene rings is 2. The van der Waals surface area contributed by atoms with Crippen molar-refractivity contribution in [3.8, 4) is 17.2 Å². The van der Waals surface area contributed by atoms with E-state index in [1.165, 1.54) is 5.56 Å². The largest absolute Gasteiger partial charge is 0.494 e. The third-order valence-corrected chi connectivity index (χ3v) is 4.53. The molecule has 0 aliphatic rings. The summed E-state index contributed by atoms with van der Waals surface area (Å²) in [5, 5.41) is 10.6. The van der Waals surface area contributed by atoms with Crippen LogP contribution in [-0.4, -0.2) is 22.7 Å². The molecular formula is C22H25N3O3. The molecule has 3 aromatic rings.